The van der Waals surface area contributed by atoms with E-state index in [1.54, 1.807) is 4.90 Å². The number of oxime groups is 1. The molecule has 0 unspecified atom stereocenters. The maximum atomic E-state index is 12.2. The van der Waals surface area contributed by atoms with Crippen LogP contribution in [-0.2, 0) is 14.1 Å². The van der Waals surface area contributed by atoms with Gasteiger partial charge in [-0.3, -0.25) is 9.59 Å². The van der Waals surface area contributed by atoms with Gasteiger partial charge in [0.2, 0.25) is 0 Å². The van der Waals surface area contributed by atoms with Gasteiger partial charge in [-0.1, -0.05) is 40.0 Å². The van der Waals surface area contributed by atoms with Gasteiger partial charge in [0.25, 0.3) is 20.0 Å². The molecule has 1 heterocycles. The van der Waals surface area contributed by atoms with E-state index in [1.165, 1.54) is 6.42 Å². The molecule has 0 N–H and O–H groups in total. The van der Waals surface area contributed by atoms with Crippen LogP contribution in [0.3, 0.4) is 0 Å². The number of carbonyl (C=O) groups excluding carboxylic acids is 2. The maximum absolute atomic E-state index is 12.2. The van der Waals surface area contributed by atoms with Crippen LogP contribution in [0.5, 0.6) is 0 Å². The number of rotatable bonds is 3. The zero-order valence-electron chi connectivity index (χ0n) is 14.4. The fourth-order valence-electron chi connectivity index (χ4n) is 2.62. The third-order valence-electron chi connectivity index (χ3n) is 5.24. The molecule has 0 bridgehead atoms. The van der Waals surface area contributed by atoms with Crippen molar-refractivity contribution >= 4 is 25.7 Å². The molecule has 0 radical (unpaired) electrons. The van der Waals surface area contributed by atoms with Gasteiger partial charge in [-0.2, -0.15) is 0 Å². The predicted molar refractivity (Wildman–Crippen MR) is 89.3 cm³/mol. The fraction of sp³-hybridized carbons (Fsp3) is 0.812. The molecule has 1 saturated heterocycles. The smallest absolute Gasteiger partial charge is 0.297 e. The second kappa shape index (κ2) is 6.14. The first-order valence-corrected chi connectivity index (χ1v) is 11.1. The molecule has 0 aromatic heterocycles. The first kappa shape index (κ1) is 17.2. The van der Waals surface area contributed by atoms with Crippen molar-refractivity contribution in [3.8, 4) is 0 Å². The number of likely N-dealkylation sites (tertiary alicyclic amines) is 1. The van der Waals surface area contributed by atoms with Gasteiger partial charge in [0.1, 0.15) is 0 Å². The highest BCUT2D eigenvalue weighted by Crippen LogP contribution is 2.36. The molecule has 1 amide bonds. The summed E-state index contributed by atoms with van der Waals surface area (Å²) in [6.45, 7) is 10.8. The number of carbonyl (C=O) groups is 2. The number of amides is 1. The summed E-state index contributed by atoms with van der Waals surface area (Å²) in [4.78, 5) is 26.0. The van der Waals surface area contributed by atoms with E-state index in [1.807, 2.05) is 0 Å². The Bertz CT molecular complexity index is 488. The molecular formula is C16H28N2O3Si. The van der Waals surface area contributed by atoms with Crippen molar-refractivity contribution in [1.29, 1.82) is 0 Å². The number of nitrogens with zero attached hydrogens (tertiary/aromatic N) is 2. The van der Waals surface area contributed by atoms with Crippen LogP contribution < -0.4 is 0 Å². The van der Waals surface area contributed by atoms with Crippen molar-refractivity contribution in [3.05, 3.63) is 0 Å². The van der Waals surface area contributed by atoms with Gasteiger partial charge in [0.15, 0.2) is 5.71 Å². The lowest BCUT2D eigenvalue weighted by molar-refractivity contribution is -0.140. The Morgan fingerprint density at radius 3 is 2.27 bits per heavy atom. The standard InChI is InChI=1S/C16H28N2O3Si/c1-16(2,3)22(4,5)21-17-13-11-18(15(20)14(13)19)12-9-7-6-8-10-12/h12H,6-11H2,1-5H3/b17-13-. The lowest BCUT2D eigenvalue weighted by Crippen LogP contribution is -2.39. The normalized spacial score (nSPS) is 23.5. The third kappa shape index (κ3) is 3.42. The molecule has 2 rings (SSSR count). The second-order valence-electron chi connectivity index (χ2n) is 7.94. The average molecular weight is 324 g/mol. The molecule has 1 saturated carbocycles. The SMILES string of the molecule is CC(C)(C)[Si](C)(C)O/N=C1/CN(C2CCCCC2)C(=O)C1=O. The minimum absolute atomic E-state index is 0.0196. The molecule has 0 spiro atoms. The van der Waals surface area contributed by atoms with Gasteiger partial charge in [0.05, 0.1) is 6.54 Å². The van der Waals surface area contributed by atoms with E-state index < -0.39 is 20.0 Å². The number of hydrogen-bond acceptors (Lipinski definition) is 4. The van der Waals surface area contributed by atoms with E-state index in [2.05, 4.69) is 39.0 Å². The summed E-state index contributed by atoms with van der Waals surface area (Å²) < 4.78 is 5.76. The predicted octanol–water partition coefficient (Wildman–Crippen LogP) is 3.11. The van der Waals surface area contributed by atoms with Crippen molar-refractivity contribution in [2.75, 3.05) is 6.54 Å². The lowest BCUT2D eigenvalue weighted by Gasteiger charge is -2.33. The Kier molecular flexibility index (Phi) is 4.80. The van der Waals surface area contributed by atoms with Crippen LogP contribution in [0, 0.1) is 0 Å². The summed E-state index contributed by atoms with van der Waals surface area (Å²) in [6, 6.07) is 0.200. The summed E-state index contributed by atoms with van der Waals surface area (Å²) in [5, 5.41) is 4.12. The molecule has 5 nitrogen and oxygen atoms in total. The molecule has 0 aromatic carbocycles. The topological polar surface area (TPSA) is 59.0 Å². The first-order valence-electron chi connectivity index (χ1n) is 8.24. The van der Waals surface area contributed by atoms with E-state index >= 15 is 0 Å². The Morgan fingerprint density at radius 1 is 1.14 bits per heavy atom. The Morgan fingerprint density at radius 2 is 1.73 bits per heavy atom. The van der Waals surface area contributed by atoms with Gasteiger partial charge in [-0.25, -0.2) is 0 Å². The molecule has 1 aliphatic heterocycles. The summed E-state index contributed by atoms with van der Waals surface area (Å²) in [5.41, 5.74) is 0.278. The van der Waals surface area contributed by atoms with Crippen LogP contribution >= 0.6 is 0 Å². The molecule has 124 valence electrons. The van der Waals surface area contributed by atoms with Gasteiger partial charge in [-0.15, -0.1) is 5.16 Å². The zero-order chi connectivity index (χ0) is 16.5. The molecule has 22 heavy (non-hydrogen) atoms. The van der Waals surface area contributed by atoms with Gasteiger partial charge in [-0.05, 0) is 31.0 Å². The van der Waals surface area contributed by atoms with Crippen LogP contribution in [0.25, 0.3) is 0 Å². The van der Waals surface area contributed by atoms with Crippen molar-refractivity contribution in [1.82, 2.24) is 4.90 Å². The highest BCUT2D eigenvalue weighted by molar-refractivity contribution is 6.74. The van der Waals surface area contributed by atoms with E-state index in [0.29, 0.717) is 6.54 Å². The Labute approximate surface area is 134 Å². The summed E-state index contributed by atoms with van der Waals surface area (Å²) in [7, 11) is -2.06. The molecular weight excluding hydrogens is 296 g/mol. The number of ketones is 1. The zero-order valence-corrected chi connectivity index (χ0v) is 15.4. The van der Waals surface area contributed by atoms with E-state index in [0.717, 1.165) is 25.7 Å². The molecule has 0 aromatic rings. The van der Waals surface area contributed by atoms with Crippen LogP contribution in [0.2, 0.25) is 18.1 Å². The fourth-order valence-corrected chi connectivity index (χ4v) is 3.24. The average Bonchev–Trinajstić information content (AvgIpc) is 2.73. The molecule has 0 atom stereocenters. The summed E-state index contributed by atoms with van der Waals surface area (Å²) >= 11 is 0. The summed E-state index contributed by atoms with van der Waals surface area (Å²) in [6.07, 6.45) is 5.48. The van der Waals surface area contributed by atoms with Crippen molar-refractivity contribution in [2.24, 2.45) is 5.16 Å². The molecule has 6 heteroatoms. The van der Waals surface area contributed by atoms with Crippen LogP contribution in [0.1, 0.15) is 52.9 Å². The second-order valence-corrected chi connectivity index (χ2v) is 12.6. The summed E-state index contributed by atoms with van der Waals surface area (Å²) in [5.74, 6) is -0.881. The lowest BCUT2D eigenvalue weighted by atomic mass is 9.94. The Balaban J connectivity index is 2.08. The van der Waals surface area contributed by atoms with Gasteiger partial charge in [0, 0.05) is 6.04 Å². The third-order valence-corrected chi connectivity index (χ3v) is 9.40. The van der Waals surface area contributed by atoms with E-state index in [9.17, 15) is 9.59 Å². The number of Topliss-reactive ketones (excluding diaryl/α,β-unsaturated/α-hetero) is 1. The minimum atomic E-state index is -2.06. The van der Waals surface area contributed by atoms with E-state index in [-0.39, 0.29) is 16.8 Å². The quantitative estimate of drug-likeness (QED) is 0.455. The van der Waals surface area contributed by atoms with Crippen LogP contribution in [0.4, 0.5) is 0 Å². The molecule has 2 fully saturated rings. The largest absolute Gasteiger partial charge is 0.454 e. The molecule has 1 aliphatic carbocycles. The highest BCUT2D eigenvalue weighted by Gasteiger charge is 2.43. The van der Waals surface area contributed by atoms with Crippen LogP contribution in [-0.4, -0.2) is 43.2 Å². The van der Waals surface area contributed by atoms with Crippen LogP contribution in [0.15, 0.2) is 5.16 Å². The van der Waals surface area contributed by atoms with Crippen molar-refractivity contribution < 1.29 is 14.1 Å². The van der Waals surface area contributed by atoms with Gasteiger partial charge < -0.3 is 9.43 Å². The first-order chi connectivity index (χ1) is 10.1. The maximum Gasteiger partial charge on any atom is 0.297 e. The van der Waals surface area contributed by atoms with Crippen molar-refractivity contribution in [2.45, 2.75) is 77.0 Å². The van der Waals surface area contributed by atoms with Crippen molar-refractivity contribution in [3.63, 3.8) is 0 Å². The molecule has 2 aliphatic rings. The minimum Gasteiger partial charge on any atom is -0.454 e. The van der Waals surface area contributed by atoms with Gasteiger partial charge >= 0.3 is 0 Å². The monoisotopic (exact) mass is 324 g/mol. The Hall–Kier alpha value is -1.17. The number of hydrogen-bond donors (Lipinski definition) is 0. The highest BCUT2D eigenvalue weighted by atomic mass is 28.4. The van der Waals surface area contributed by atoms with E-state index in [4.69, 9.17) is 4.53 Å².